The molecule has 4 nitrogen and oxygen atoms in total. The average Bonchev–Trinajstić information content (AvgIpc) is 2.67. The number of nitrogens with one attached hydrogen (secondary N) is 1. The van der Waals surface area contributed by atoms with Crippen LogP contribution in [0.1, 0.15) is 51.0 Å². The molecule has 0 spiro atoms. The summed E-state index contributed by atoms with van der Waals surface area (Å²) >= 11 is 0. The second-order valence-electron chi connectivity index (χ2n) is 8.20. The first-order valence-corrected chi connectivity index (χ1v) is 10.5. The number of amides is 1. The van der Waals surface area contributed by atoms with Crippen LogP contribution in [0.4, 0.5) is 5.69 Å². The molecule has 2 fully saturated rings. The van der Waals surface area contributed by atoms with Crippen LogP contribution in [0.3, 0.4) is 0 Å². The number of benzene rings is 1. The lowest BCUT2D eigenvalue weighted by atomic mass is 9.88. The van der Waals surface area contributed by atoms with Crippen LogP contribution in [0.2, 0.25) is 0 Å². The van der Waals surface area contributed by atoms with Crippen LogP contribution in [0.15, 0.2) is 24.3 Å². The fourth-order valence-electron chi connectivity index (χ4n) is 4.23. The summed E-state index contributed by atoms with van der Waals surface area (Å²) in [5, 5.41) is 3.25. The zero-order valence-electron chi connectivity index (χ0n) is 16.5. The Bertz CT molecular complexity index is 575. The molecular weight excluding hydrogens is 322 g/mol. The van der Waals surface area contributed by atoms with E-state index in [1.54, 1.807) is 0 Å². The predicted octanol–water partition coefficient (Wildman–Crippen LogP) is 3.59. The Morgan fingerprint density at radius 2 is 1.88 bits per heavy atom. The first kappa shape index (κ1) is 19.2. The molecule has 1 N–H and O–H groups in total. The van der Waals surface area contributed by atoms with E-state index in [1.165, 1.54) is 30.5 Å². The normalized spacial score (nSPS) is 20.8. The number of hydrogen-bond donors (Lipinski definition) is 1. The van der Waals surface area contributed by atoms with Gasteiger partial charge in [-0.3, -0.25) is 9.69 Å². The van der Waals surface area contributed by atoms with Crippen LogP contribution in [-0.4, -0.2) is 49.6 Å². The van der Waals surface area contributed by atoms with Crippen LogP contribution < -0.4 is 10.2 Å². The van der Waals surface area contributed by atoms with E-state index in [9.17, 15) is 4.79 Å². The number of hydrogen-bond acceptors (Lipinski definition) is 3. The highest BCUT2D eigenvalue weighted by atomic mass is 16.1. The third-order valence-electron chi connectivity index (χ3n) is 5.98. The Balaban J connectivity index is 1.36. The Kier molecular flexibility index (Phi) is 6.95. The molecule has 0 bridgehead atoms. The molecule has 1 aliphatic carbocycles. The van der Waals surface area contributed by atoms with Gasteiger partial charge >= 0.3 is 0 Å². The molecule has 1 atom stereocenters. The summed E-state index contributed by atoms with van der Waals surface area (Å²) in [6.45, 7) is 9.78. The van der Waals surface area contributed by atoms with E-state index in [1.807, 2.05) is 0 Å². The van der Waals surface area contributed by atoms with Crippen LogP contribution in [0, 0.1) is 12.8 Å². The van der Waals surface area contributed by atoms with Crippen molar-refractivity contribution in [1.82, 2.24) is 10.2 Å². The van der Waals surface area contributed by atoms with Gasteiger partial charge in [-0.1, -0.05) is 31.4 Å². The Hall–Kier alpha value is -1.55. The highest BCUT2D eigenvalue weighted by Crippen LogP contribution is 2.24. The smallest absolute Gasteiger partial charge is 0.223 e. The highest BCUT2D eigenvalue weighted by Gasteiger charge is 2.23. The summed E-state index contributed by atoms with van der Waals surface area (Å²) in [4.78, 5) is 17.4. The van der Waals surface area contributed by atoms with E-state index in [4.69, 9.17) is 0 Å². The molecule has 1 aliphatic heterocycles. The molecular formula is C22H35N3O. The van der Waals surface area contributed by atoms with E-state index < -0.39 is 0 Å². The van der Waals surface area contributed by atoms with E-state index in [-0.39, 0.29) is 12.0 Å². The quantitative estimate of drug-likeness (QED) is 0.845. The number of carbonyl (C=O) groups excluding carboxylic acids is 1. The molecule has 1 saturated heterocycles. The number of rotatable bonds is 6. The van der Waals surface area contributed by atoms with Crippen molar-refractivity contribution in [3.63, 3.8) is 0 Å². The maximum Gasteiger partial charge on any atom is 0.223 e. The lowest BCUT2D eigenvalue weighted by molar-refractivity contribution is -0.126. The van der Waals surface area contributed by atoms with Crippen molar-refractivity contribution in [3.8, 4) is 0 Å². The molecule has 1 unspecified atom stereocenters. The van der Waals surface area contributed by atoms with Crippen molar-refractivity contribution >= 4 is 11.6 Å². The minimum Gasteiger partial charge on any atom is -0.369 e. The molecule has 144 valence electrons. The lowest BCUT2D eigenvalue weighted by Gasteiger charge is -2.36. The summed E-state index contributed by atoms with van der Waals surface area (Å²) in [6.07, 6.45) is 6.95. The maximum atomic E-state index is 12.4. The second-order valence-corrected chi connectivity index (χ2v) is 8.20. The van der Waals surface area contributed by atoms with Gasteiger partial charge in [0.05, 0.1) is 0 Å². The average molecular weight is 358 g/mol. The maximum absolute atomic E-state index is 12.4. The van der Waals surface area contributed by atoms with Gasteiger partial charge < -0.3 is 10.2 Å². The molecule has 2 aliphatic rings. The summed E-state index contributed by atoms with van der Waals surface area (Å²) in [5.74, 6) is 0.561. The van der Waals surface area contributed by atoms with Gasteiger partial charge in [-0.2, -0.15) is 0 Å². The number of carbonyl (C=O) groups is 1. The Morgan fingerprint density at radius 1 is 1.15 bits per heavy atom. The van der Waals surface area contributed by atoms with Crippen molar-refractivity contribution in [3.05, 3.63) is 29.8 Å². The van der Waals surface area contributed by atoms with Crippen molar-refractivity contribution in [2.24, 2.45) is 5.92 Å². The third kappa shape index (κ3) is 5.47. The topological polar surface area (TPSA) is 35.6 Å². The molecule has 1 heterocycles. The van der Waals surface area contributed by atoms with Crippen molar-refractivity contribution in [1.29, 1.82) is 0 Å². The van der Waals surface area contributed by atoms with Crippen LogP contribution in [-0.2, 0) is 4.79 Å². The monoisotopic (exact) mass is 357 g/mol. The zero-order valence-corrected chi connectivity index (χ0v) is 16.5. The van der Waals surface area contributed by atoms with Crippen molar-refractivity contribution in [2.45, 2.75) is 58.4 Å². The Labute approximate surface area is 158 Å². The summed E-state index contributed by atoms with van der Waals surface area (Å²) in [7, 11) is 0. The summed E-state index contributed by atoms with van der Waals surface area (Å²) < 4.78 is 0. The fraction of sp³-hybridized carbons (Fsp3) is 0.682. The van der Waals surface area contributed by atoms with E-state index >= 15 is 0 Å². The minimum absolute atomic E-state index is 0.268. The fourth-order valence-corrected chi connectivity index (χ4v) is 4.23. The second kappa shape index (κ2) is 9.40. The molecule has 1 aromatic rings. The van der Waals surface area contributed by atoms with Gasteiger partial charge in [-0.15, -0.1) is 0 Å². The van der Waals surface area contributed by atoms with E-state index in [0.29, 0.717) is 5.91 Å². The van der Waals surface area contributed by atoms with Crippen LogP contribution in [0.25, 0.3) is 0 Å². The SMILES string of the molecule is Cc1cccc(N2CCN(CCC(C)NC(=O)C3CCCCC3)CC2)c1. The largest absolute Gasteiger partial charge is 0.369 e. The molecule has 0 radical (unpaired) electrons. The number of anilines is 1. The lowest BCUT2D eigenvalue weighted by Crippen LogP contribution is -2.48. The first-order valence-electron chi connectivity index (χ1n) is 10.5. The number of piperazine rings is 1. The summed E-state index contributed by atoms with van der Waals surface area (Å²) in [6, 6.07) is 9.07. The number of nitrogens with zero attached hydrogens (tertiary/aromatic N) is 2. The van der Waals surface area contributed by atoms with Gasteiger partial charge in [0.1, 0.15) is 0 Å². The van der Waals surface area contributed by atoms with Crippen molar-refractivity contribution < 1.29 is 4.79 Å². The molecule has 3 rings (SSSR count). The minimum atomic E-state index is 0.268. The first-order chi connectivity index (χ1) is 12.6. The van der Waals surface area contributed by atoms with Crippen LogP contribution in [0.5, 0.6) is 0 Å². The highest BCUT2D eigenvalue weighted by molar-refractivity contribution is 5.78. The molecule has 1 saturated carbocycles. The standard InChI is InChI=1S/C22H35N3O/c1-18-7-6-10-21(17-18)25-15-13-24(14-16-25)12-11-19(2)23-22(26)20-8-4-3-5-9-20/h6-7,10,17,19-20H,3-5,8-9,11-16H2,1-2H3,(H,23,26). The van der Waals surface area contributed by atoms with Gasteiger partial charge in [0, 0.05) is 50.4 Å². The van der Waals surface area contributed by atoms with Crippen LogP contribution >= 0.6 is 0 Å². The molecule has 4 heteroatoms. The number of aryl methyl sites for hydroxylation is 1. The summed E-state index contributed by atoms with van der Waals surface area (Å²) in [5.41, 5.74) is 2.67. The Morgan fingerprint density at radius 3 is 2.58 bits per heavy atom. The van der Waals surface area contributed by atoms with Gasteiger partial charge in [0.25, 0.3) is 0 Å². The molecule has 1 amide bonds. The zero-order chi connectivity index (χ0) is 18.4. The molecule has 26 heavy (non-hydrogen) atoms. The molecule has 1 aromatic carbocycles. The molecule has 0 aromatic heterocycles. The van der Waals surface area contributed by atoms with E-state index in [2.05, 4.69) is 53.2 Å². The van der Waals surface area contributed by atoms with Crippen molar-refractivity contribution in [2.75, 3.05) is 37.6 Å². The predicted molar refractivity (Wildman–Crippen MR) is 109 cm³/mol. The van der Waals surface area contributed by atoms with Gasteiger partial charge in [0.2, 0.25) is 5.91 Å². The third-order valence-corrected chi connectivity index (χ3v) is 5.98. The van der Waals surface area contributed by atoms with Gasteiger partial charge in [-0.25, -0.2) is 0 Å². The van der Waals surface area contributed by atoms with Gasteiger partial charge in [-0.05, 0) is 50.8 Å². The van der Waals surface area contributed by atoms with E-state index in [0.717, 1.165) is 52.0 Å². The van der Waals surface area contributed by atoms with Gasteiger partial charge in [0.15, 0.2) is 0 Å².